The van der Waals surface area contributed by atoms with Gasteiger partial charge < -0.3 is 15.2 Å². The molecule has 0 fully saturated rings. The van der Waals surface area contributed by atoms with E-state index in [0.29, 0.717) is 19.6 Å². The van der Waals surface area contributed by atoms with E-state index in [-0.39, 0.29) is 12.5 Å². The van der Waals surface area contributed by atoms with Gasteiger partial charge in [0.25, 0.3) is 0 Å². The monoisotopic (exact) mass is 217 g/mol. The van der Waals surface area contributed by atoms with Crippen LogP contribution in [0.25, 0.3) is 0 Å². The summed E-state index contributed by atoms with van der Waals surface area (Å²) in [5.74, 6) is 0.0607. The van der Waals surface area contributed by atoms with Gasteiger partial charge in [-0.1, -0.05) is 12.8 Å². The SMILES string of the molecule is CCOCCC(=O)NCCCCCCO. The highest BCUT2D eigenvalue weighted by molar-refractivity contribution is 5.75. The van der Waals surface area contributed by atoms with Crippen LogP contribution in [0.1, 0.15) is 39.0 Å². The number of amides is 1. The summed E-state index contributed by atoms with van der Waals surface area (Å²) in [6.45, 7) is 4.08. The van der Waals surface area contributed by atoms with Crippen molar-refractivity contribution in [3.05, 3.63) is 0 Å². The second-order valence-electron chi connectivity index (χ2n) is 3.43. The normalized spacial score (nSPS) is 10.3. The molecule has 0 rings (SSSR count). The molecule has 0 aromatic rings. The number of hydrogen-bond acceptors (Lipinski definition) is 3. The van der Waals surface area contributed by atoms with E-state index in [9.17, 15) is 4.79 Å². The maximum atomic E-state index is 11.2. The van der Waals surface area contributed by atoms with Gasteiger partial charge in [0.15, 0.2) is 0 Å². The van der Waals surface area contributed by atoms with E-state index in [2.05, 4.69) is 5.32 Å². The van der Waals surface area contributed by atoms with Crippen molar-refractivity contribution in [3.63, 3.8) is 0 Å². The van der Waals surface area contributed by atoms with Crippen LogP contribution in [0.2, 0.25) is 0 Å². The Labute approximate surface area is 92.0 Å². The zero-order chi connectivity index (χ0) is 11.4. The lowest BCUT2D eigenvalue weighted by molar-refractivity contribution is -0.122. The predicted molar refractivity (Wildman–Crippen MR) is 59.7 cm³/mol. The molecule has 2 N–H and O–H groups in total. The zero-order valence-electron chi connectivity index (χ0n) is 9.63. The highest BCUT2D eigenvalue weighted by Crippen LogP contribution is 1.97. The van der Waals surface area contributed by atoms with Crippen molar-refractivity contribution >= 4 is 5.91 Å². The molecule has 0 aliphatic rings. The molecule has 0 aliphatic heterocycles. The maximum Gasteiger partial charge on any atom is 0.222 e. The summed E-state index contributed by atoms with van der Waals surface area (Å²) in [7, 11) is 0. The second kappa shape index (κ2) is 11.5. The molecule has 15 heavy (non-hydrogen) atoms. The van der Waals surface area contributed by atoms with Gasteiger partial charge in [0.05, 0.1) is 6.61 Å². The number of unbranched alkanes of at least 4 members (excludes halogenated alkanes) is 3. The standard InChI is InChI=1S/C11H23NO3/c1-2-15-10-7-11(14)12-8-5-3-4-6-9-13/h13H,2-10H2,1H3,(H,12,14). The first-order chi connectivity index (χ1) is 7.31. The summed E-state index contributed by atoms with van der Waals surface area (Å²) in [5.41, 5.74) is 0. The van der Waals surface area contributed by atoms with Gasteiger partial charge in [-0.25, -0.2) is 0 Å². The number of aliphatic hydroxyl groups excluding tert-OH is 1. The Bertz CT molecular complexity index is 151. The van der Waals surface area contributed by atoms with Crippen LogP contribution in [0.3, 0.4) is 0 Å². The molecule has 0 spiro atoms. The highest BCUT2D eigenvalue weighted by atomic mass is 16.5. The number of nitrogens with one attached hydrogen (secondary N) is 1. The van der Waals surface area contributed by atoms with Gasteiger partial charge in [0.2, 0.25) is 5.91 Å². The predicted octanol–water partition coefficient (Wildman–Crippen LogP) is 1.08. The Hall–Kier alpha value is -0.610. The minimum atomic E-state index is 0.0607. The van der Waals surface area contributed by atoms with Crippen LogP contribution in [0.4, 0.5) is 0 Å². The topological polar surface area (TPSA) is 58.6 Å². The number of rotatable bonds is 10. The zero-order valence-corrected chi connectivity index (χ0v) is 9.63. The van der Waals surface area contributed by atoms with Gasteiger partial charge in [-0.05, 0) is 19.8 Å². The summed E-state index contributed by atoms with van der Waals surface area (Å²) in [6.07, 6.45) is 4.39. The molecule has 0 aromatic carbocycles. The van der Waals surface area contributed by atoms with Gasteiger partial charge in [-0.15, -0.1) is 0 Å². The van der Waals surface area contributed by atoms with Crippen molar-refractivity contribution in [1.82, 2.24) is 5.32 Å². The van der Waals surface area contributed by atoms with Crippen LogP contribution in [-0.4, -0.2) is 37.4 Å². The molecule has 4 nitrogen and oxygen atoms in total. The van der Waals surface area contributed by atoms with Crippen LogP contribution in [0.15, 0.2) is 0 Å². The largest absolute Gasteiger partial charge is 0.396 e. The molecule has 0 aromatic heterocycles. The summed E-state index contributed by atoms with van der Waals surface area (Å²) in [5, 5.41) is 11.4. The van der Waals surface area contributed by atoms with Crippen molar-refractivity contribution < 1.29 is 14.6 Å². The van der Waals surface area contributed by atoms with E-state index in [1.54, 1.807) is 0 Å². The lowest BCUT2D eigenvalue weighted by atomic mass is 10.2. The van der Waals surface area contributed by atoms with Crippen molar-refractivity contribution in [3.8, 4) is 0 Å². The lowest BCUT2D eigenvalue weighted by Gasteiger charge is -2.04. The molecule has 0 bridgehead atoms. The van der Waals surface area contributed by atoms with Gasteiger partial charge in [-0.2, -0.15) is 0 Å². The van der Waals surface area contributed by atoms with E-state index in [1.165, 1.54) is 0 Å². The average molecular weight is 217 g/mol. The smallest absolute Gasteiger partial charge is 0.222 e. The Morgan fingerprint density at radius 2 is 2.00 bits per heavy atom. The van der Waals surface area contributed by atoms with Gasteiger partial charge in [0, 0.05) is 26.2 Å². The number of carbonyl (C=O) groups is 1. The van der Waals surface area contributed by atoms with E-state index < -0.39 is 0 Å². The molecular weight excluding hydrogens is 194 g/mol. The highest BCUT2D eigenvalue weighted by Gasteiger charge is 1.99. The molecule has 0 heterocycles. The third-order valence-electron chi connectivity index (χ3n) is 2.08. The Balaban J connectivity index is 3.10. The molecule has 0 saturated heterocycles. The number of aliphatic hydroxyl groups is 1. The molecule has 1 amide bonds. The minimum absolute atomic E-state index is 0.0607. The van der Waals surface area contributed by atoms with Crippen molar-refractivity contribution in [2.24, 2.45) is 0 Å². The molecule has 0 radical (unpaired) electrons. The van der Waals surface area contributed by atoms with E-state index in [1.807, 2.05) is 6.92 Å². The van der Waals surface area contributed by atoms with Gasteiger partial charge in [-0.3, -0.25) is 4.79 Å². The molecule has 0 unspecified atom stereocenters. The first kappa shape index (κ1) is 14.4. The maximum absolute atomic E-state index is 11.2. The van der Waals surface area contributed by atoms with Crippen LogP contribution in [-0.2, 0) is 9.53 Å². The molecule has 0 atom stereocenters. The van der Waals surface area contributed by atoms with Crippen LogP contribution in [0, 0.1) is 0 Å². The fourth-order valence-electron chi connectivity index (χ4n) is 1.22. The van der Waals surface area contributed by atoms with Crippen LogP contribution in [0.5, 0.6) is 0 Å². The van der Waals surface area contributed by atoms with E-state index in [4.69, 9.17) is 9.84 Å². The van der Waals surface area contributed by atoms with E-state index in [0.717, 1.165) is 32.2 Å². The fourth-order valence-corrected chi connectivity index (χ4v) is 1.22. The van der Waals surface area contributed by atoms with E-state index >= 15 is 0 Å². The van der Waals surface area contributed by atoms with Crippen molar-refractivity contribution in [1.29, 1.82) is 0 Å². The quantitative estimate of drug-likeness (QED) is 0.538. The number of ether oxygens (including phenoxy) is 1. The fraction of sp³-hybridized carbons (Fsp3) is 0.909. The summed E-state index contributed by atoms with van der Waals surface area (Å²) >= 11 is 0. The Kier molecular flexibility index (Phi) is 11.0. The molecular formula is C11H23NO3. The Morgan fingerprint density at radius 1 is 1.27 bits per heavy atom. The minimum Gasteiger partial charge on any atom is -0.396 e. The first-order valence-electron chi connectivity index (χ1n) is 5.76. The van der Waals surface area contributed by atoms with Crippen LogP contribution >= 0.6 is 0 Å². The van der Waals surface area contributed by atoms with Crippen LogP contribution < -0.4 is 5.32 Å². The molecule has 4 heteroatoms. The third-order valence-corrected chi connectivity index (χ3v) is 2.08. The Morgan fingerprint density at radius 3 is 2.67 bits per heavy atom. The summed E-state index contributed by atoms with van der Waals surface area (Å²) < 4.78 is 5.07. The summed E-state index contributed by atoms with van der Waals surface area (Å²) in [4.78, 5) is 11.2. The van der Waals surface area contributed by atoms with Crippen molar-refractivity contribution in [2.75, 3.05) is 26.4 Å². The molecule has 90 valence electrons. The van der Waals surface area contributed by atoms with Gasteiger partial charge >= 0.3 is 0 Å². The molecule has 0 aliphatic carbocycles. The molecule has 0 saturated carbocycles. The second-order valence-corrected chi connectivity index (χ2v) is 3.43. The van der Waals surface area contributed by atoms with Crippen molar-refractivity contribution in [2.45, 2.75) is 39.0 Å². The summed E-state index contributed by atoms with van der Waals surface area (Å²) in [6, 6.07) is 0. The third kappa shape index (κ3) is 11.3. The lowest BCUT2D eigenvalue weighted by Crippen LogP contribution is -2.25. The van der Waals surface area contributed by atoms with Gasteiger partial charge in [0.1, 0.15) is 0 Å². The average Bonchev–Trinajstić information content (AvgIpc) is 2.23. The first-order valence-corrected chi connectivity index (χ1v) is 5.76. The number of hydrogen-bond donors (Lipinski definition) is 2. The number of carbonyl (C=O) groups excluding carboxylic acids is 1.